The Morgan fingerprint density at radius 3 is 2.67 bits per heavy atom. The fourth-order valence-electron chi connectivity index (χ4n) is 1.41. The van der Waals surface area contributed by atoms with Gasteiger partial charge in [0.15, 0.2) is 11.5 Å². The summed E-state index contributed by atoms with van der Waals surface area (Å²) in [7, 11) is 1.64. The SMILES string of the molecule is CNC(C)C(=O)Nc1ccc2c(c1)OC(F)(F)O2. The fraction of sp³-hybridized carbons (Fsp3) is 0.364. The second kappa shape index (κ2) is 4.41. The number of alkyl halides is 2. The number of anilines is 1. The minimum absolute atomic E-state index is 0.0559. The standard InChI is InChI=1S/C11H12F2N2O3/c1-6(14-2)10(16)15-7-3-4-8-9(5-7)18-11(12,13)17-8/h3-6,14H,1-2H3,(H,15,16). The molecule has 1 aromatic rings. The zero-order chi connectivity index (χ0) is 13.3. The van der Waals surface area contributed by atoms with E-state index in [0.29, 0.717) is 5.69 Å². The molecule has 1 heterocycles. The Morgan fingerprint density at radius 2 is 2.00 bits per heavy atom. The molecule has 2 N–H and O–H groups in total. The zero-order valence-corrected chi connectivity index (χ0v) is 9.79. The highest BCUT2D eigenvalue weighted by molar-refractivity contribution is 5.94. The van der Waals surface area contributed by atoms with Crippen molar-refractivity contribution in [2.45, 2.75) is 19.3 Å². The van der Waals surface area contributed by atoms with Crippen molar-refractivity contribution in [2.75, 3.05) is 12.4 Å². The van der Waals surface area contributed by atoms with E-state index in [1.54, 1.807) is 14.0 Å². The van der Waals surface area contributed by atoms with Crippen LogP contribution in [0.3, 0.4) is 0 Å². The molecular weight excluding hydrogens is 246 g/mol. The molecule has 1 atom stereocenters. The number of carbonyl (C=O) groups excluding carboxylic acids is 1. The van der Waals surface area contributed by atoms with Crippen LogP contribution in [0.15, 0.2) is 18.2 Å². The van der Waals surface area contributed by atoms with E-state index in [0.717, 1.165) is 0 Å². The Kier molecular flexibility index (Phi) is 3.08. The van der Waals surface area contributed by atoms with Crippen molar-refractivity contribution in [1.82, 2.24) is 5.32 Å². The quantitative estimate of drug-likeness (QED) is 0.863. The lowest BCUT2D eigenvalue weighted by atomic mass is 10.2. The Bertz CT molecular complexity index is 479. The first-order valence-corrected chi connectivity index (χ1v) is 5.29. The summed E-state index contributed by atoms with van der Waals surface area (Å²) in [4.78, 5) is 11.6. The van der Waals surface area contributed by atoms with Crippen LogP contribution in [0, 0.1) is 0 Å². The molecule has 0 radical (unpaired) electrons. The average Bonchev–Trinajstić information content (AvgIpc) is 2.61. The number of carbonyl (C=O) groups is 1. The molecule has 98 valence electrons. The van der Waals surface area contributed by atoms with Gasteiger partial charge in [0.1, 0.15) is 0 Å². The molecule has 0 saturated heterocycles. The Balaban J connectivity index is 2.12. The topological polar surface area (TPSA) is 59.6 Å². The third kappa shape index (κ3) is 2.51. The number of halogens is 2. The minimum Gasteiger partial charge on any atom is -0.395 e. The van der Waals surface area contributed by atoms with Crippen LogP contribution in [0.4, 0.5) is 14.5 Å². The maximum atomic E-state index is 12.8. The van der Waals surface area contributed by atoms with Crippen LogP contribution in [0.25, 0.3) is 0 Å². The highest BCUT2D eigenvalue weighted by atomic mass is 19.3. The van der Waals surface area contributed by atoms with Gasteiger partial charge in [0.25, 0.3) is 0 Å². The predicted octanol–water partition coefficient (Wildman–Crippen LogP) is 1.55. The molecule has 1 amide bonds. The maximum absolute atomic E-state index is 12.8. The number of hydrogen-bond donors (Lipinski definition) is 2. The van der Waals surface area contributed by atoms with Gasteiger partial charge in [-0.05, 0) is 26.1 Å². The lowest BCUT2D eigenvalue weighted by Gasteiger charge is -2.11. The van der Waals surface area contributed by atoms with Crippen molar-refractivity contribution in [1.29, 1.82) is 0 Å². The summed E-state index contributed by atoms with van der Waals surface area (Å²) < 4.78 is 34.1. The molecule has 0 fully saturated rings. The van der Waals surface area contributed by atoms with Gasteiger partial charge in [-0.1, -0.05) is 0 Å². The number of fused-ring (bicyclic) bond motifs is 1. The van der Waals surface area contributed by atoms with E-state index in [-0.39, 0.29) is 17.4 Å². The van der Waals surface area contributed by atoms with Crippen molar-refractivity contribution in [2.24, 2.45) is 0 Å². The molecule has 5 nitrogen and oxygen atoms in total. The van der Waals surface area contributed by atoms with E-state index in [1.165, 1.54) is 18.2 Å². The van der Waals surface area contributed by atoms with E-state index < -0.39 is 12.3 Å². The lowest BCUT2D eigenvalue weighted by Crippen LogP contribution is -2.35. The summed E-state index contributed by atoms with van der Waals surface area (Å²) in [5, 5.41) is 5.33. The first-order chi connectivity index (χ1) is 8.41. The number of rotatable bonds is 3. The van der Waals surface area contributed by atoms with Crippen molar-refractivity contribution in [3.05, 3.63) is 18.2 Å². The number of benzene rings is 1. The fourth-order valence-corrected chi connectivity index (χ4v) is 1.41. The number of amides is 1. The first-order valence-electron chi connectivity index (χ1n) is 5.29. The van der Waals surface area contributed by atoms with Gasteiger partial charge >= 0.3 is 6.29 Å². The summed E-state index contributed by atoms with van der Waals surface area (Å²) in [6.07, 6.45) is -3.65. The molecule has 0 spiro atoms. The monoisotopic (exact) mass is 258 g/mol. The molecule has 1 aliphatic rings. The minimum atomic E-state index is -3.65. The van der Waals surface area contributed by atoms with Crippen LogP contribution in [0.1, 0.15) is 6.92 Å². The van der Waals surface area contributed by atoms with E-state index >= 15 is 0 Å². The third-order valence-corrected chi connectivity index (χ3v) is 2.50. The summed E-state index contributed by atoms with van der Waals surface area (Å²) in [6, 6.07) is 3.67. The molecule has 0 bridgehead atoms. The summed E-state index contributed by atoms with van der Waals surface area (Å²) in [5.41, 5.74) is 0.363. The van der Waals surface area contributed by atoms with Gasteiger partial charge in [0, 0.05) is 11.8 Å². The third-order valence-electron chi connectivity index (χ3n) is 2.50. The zero-order valence-electron chi connectivity index (χ0n) is 9.79. The lowest BCUT2D eigenvalue weighted by molar-refractivity contribution is -0.286. The second-order valence-corrected chi connectivity index (χ2v) is 3.83. The first kappa shape index (κ1) is 12.6. The largest absolute Gasteiger partial charge is 0.586 e. The van der Waals surface area contributed by atoms with E-state index in [1.807, 2.05) is 0 Å². The molecule has 0 aromatic heterocycles. The molecular formula is C11H12F2N2O3. The molecule has 1 aromatic carbocycles. The van der Waals surface area contributed by atoms with Crippen molar-refractivity contribution in [3.8, 4) is 11.5 Å². The van der Waals surface area contributed by atoms with Gasteiger partial charge < -0.3 is 20.1 Å². The molecule has 1 aliphatic heterocycles. The van der Waals surface area contributed by atoms with E-state index in [2.05, 4.69) is 20.1 Å². The Hall–Kier alpha value is -1.89. The van der Waals surface area contributed by atoms with Gasteiger partial charge in [-0.3, -0.25) is 4.79 Å². The highest BCUT2D eigenvalue weighted by Crippen LogP contribution is 2.42. The van der Waals surface area contributed by atoms with Crippen LogP contribution in [-0.2, 0) is 4.79 Å². The van der Waals surface area contributed by atoms with Gasteiger partial charge in [0.2, 0.25) is 5.91 Å². The molecule has 2 rings (SSSR count). The number of ether oxygens (including phenoxy) is 2. The van der Waals surface area contributed by atoms with Crippen LogP contribution in [-0.4, -0.2) is 25.3 Å². The van der Waals surface area contributed by atoms with Gasteiger partial charge in [-0.25, -0.2) is 0 Å². The van der Waals surface area contributed by atoms with Gasteiger partial charge in [-0.15, -0.1) is 8.78 Å². The Labute approximate surface area is 102 Å². The molecule has 7 heteroatoms. The van der Waals surface area contributed by atoms with E-state index in [4.69, 9.17) is 0 Å². The second-order valence-electron chi connectivity index (χ2n) is 3.83. The van der Waals surface area contributed by atoms with Crippen LogP contribution >= 0.6 is 0 Å². The molecule has 18 heavy (non-hydrogen) atoms. The predicted molar refractivity (Wildman–Crippen MR) is 59.8 cm³/mol. The van der Waals surface area contributed by atoms with Crippen molar-refractivity contribution >= 4 is 11.6 Å². The summed E-state index contributed by atoms with van der Waals surface area (Å²) in [6.45, 7) is 1.68. The summed E-state index contributed by atoms with van der Waals surface area (Å²) >= 11 is 0. The molecule has 0 aliphatic carbocycles. The van der Waals surface area contributed by atoms with Crippen LogP contribution in [0.2, 0.25) is 0 Å². The van der Waals surface area contributed by atoms with Crippen LogP contribution < -0.4 is 20.1 Å². The van der Waals surface area contributed by atoms with Crippen molar-refractivity contribution < 1.29 is 23.0 Å². The maximum Gasteiger partial charge on any atom is 0.586 e. The Morgan fingerprint density at radius 1 is 1.33 bits per heavy atom. The van der Waals surface area contributed by atoms with Crippen LogP contribution in [0.5, 0.6) is 11.5 Å². The summed E-state index contributed by atoms with van der Waals surface area (Å²) in [5.74, 6) is -0.433. The average molecular weight is 258 g/mol. The molecule has 0 saturated carbocycles. The van der Waals surface area contributed by atoms with Gasteiger partial charge in [0.05, 0.1) is 6.04 Å². The normalized spacial score (nSPS) is 17.3. The van der Waals surface area contributed by atoms with Gasteiger partial charge in [-0.2, -0.15) is 0 Å². The number of hydrogen-bond acceptors (Lipinski definition) is 4. The smallest absolute Gasteiger partial charge is 0.395 e. The van der Waals surface area contributed by atoms with E-state index in [9.17, 15) is 13.6 Å². The molecule has 1 unspecified atom stereocenters. The number of likely N-dealkylation sites (N-methyl/N-ethyl adjacent to an activating group) is 1. The highest BCUT2D eigenvalue weighted by Gasteiger charge is 2.43. The van der Waals surface area contributed by atoms with Crippen molar-refractivity contribution in [3.63, 3.8) is 0 Å². The number of nitrogens with one attached hydrogen (secondary N) is 2.